The quantitative estimate of drug-likeness (QED) is 0.346. The molecule has 0 aliphatic carbocycles. The maximum atomic E-state index is 4.74. The van der Waals surface area contributed by atoms with Gasteiger partial charge in [0.2, 0.25) is 0 Å². The highest BCUT2D eigenvalue weighted by Crippen LogP contribution is 2.05. The van der Waals surface area contributed by atoms with E-state index in [2.05, 4.69) is 58.7 Å². The fraction of sp³-hybridized carbons (Fsp3) is 0.316. The van der Waals surface area contributed by atoms with Crippen LogP contribution in [0.15, 0.2) is 59.7 Å². The Bertz CT molecular complexity index is 830. The fourth-order valence-electron chi connectivity index (χ4n) is 2.73. The van der Waals surface area contributed by atoms with Crippen molar-refractivity contribution in [3.05, 3.63) is 66.1 Å². The SMILES string of the molecule is CCNC(=NCCc1nnc2ccccn12)N(C)Cc1ccccc1.I. The standard InChI is InChI=1S/C19H24N6.HI/c1-3-20-19(24(2)15-16-9-5-4-6-10-16)21-13-12-18-23-22-17-11-7-8-14-25(17)18;/h4-11,14H,3,12-13,15H2,1-2H3,(H,20,21);1H. The molecular weight excluding hydrogens is 439 g/mol. The van der Waals surface area contributed by atoms with Crippen molar-refractivity contribution in [3.8, 4) is 0 Å². The number of pyridine rings is 1. The number of benzene rings is 1. The van der Waals surface area contributed by atoms with Crippen LogP contribution in [0.3, 0.4) is 0 Å². The number of nitrogens with one attached hydrogen (secondary N) is 1. The molecule has 0 aliphatic heterocycles. The lowest BCUT2D eigenvalue weighted by Crippen LogP contribution is -2.38. The van der Waals surface area contributed by atoms with Crippen LogP contribution in [-0.4, -0.2) is 45.6 Å². The summed E-state index contributed by atoms with van der Waals surface area (Å²) in [5.41, 5.74) is 2.13. The molecular formula is C19H25IN6. The molecule has 1 aromatic carbocycles. The summed E-state index contributed by atoms with van der Waals surface area (Å²) in [7, 11) is 2.06. The van der Waals surface area contributed by atoms with Gasteiger partial charge in [0.15, 0.2) is 11.6 Å². The van der Waals surface area contributed by atoms with Gasteiger partial charge in [-0.3, -0.25) is 9.39 Å². The minimum absolute atomic E-state index is 0. The molecule has 26 heavy (non-hydrogen) atoms. The van der Waals surface area contributed by atoms with E-state index >= 15 is 0 Å². The maximum Gasteiger partial charge on any atom is 0.193 e. The van der Waals surface area contributed by atoms with Crippen LogP contribution in [0, 0.1) is 0 Å². The highest BCUT2D eigenvalue weighted by molar-refractivity contribution is 14.0. The molecule has 0 fully saturated rings. The Kier molecular flexibility index (Phi) is 7.83. The lowest BCUT2D eigenvalue weighted by molar-refractivity contribution is 0.477. The van der Waals surface area contributed by atoms with Crippen molar-refractivity contribution in [3.63, 3.8) is 0 Å². The Balaban J connectivity index is 0.00000243. The van der Waals surface area contributed by atoms with E-state index in [1.165, 1.54) is 5.56 Å². The van der Waals surface area contributed by atoms with E-state index in [4.69, 9.17) is 4.99 Å². The molecule has 1 N–H and O–H groups in total. The Labute approximate surface area is 171 Å². The van der Waals surface area contributed by atoms with Gasteiger partial charge in [0.1, 0.15) is 5.82 Å². The predicted molar refractivity (Wildman–Crippen MR) is 116 cm³/mol. The van der Waals surface area contributed by atoms with Crippen LogP contribution in [0.5, 0.6) is 0 Å². The molecule has 0 saturated heterocycles. The van der Waals surface area contributed by atoms with E-state index < -0.39 is 0 Å². The third-order valence-corrected chi connectivity index (χ3v) is 3.94. The predicted octanol–water partition coefficient (Wildman–Crippen LogP) is 2.99. The first kappa shape index (κ1) is 20.2. The van der Waals surface area contributed by atoms with Gasteiger partial charge in [0, 0.05) is 39.3 Å². The first-order valence-electron chi connectivity index (χ1n) is 8.60. The van der Waals surface area contributed by atoms with Gasteiger partial charge in [-0.1, -0.05) is 36.4 Å². The molecule has 6 nitrogen and oxygen atoms in total. The number of rotatable bonds is 6. The van der Waals surface area contributed by atoms with Gasteiger partial charge < -0.3 is 10.2 Å². The van der Waals surface area contributed by atoms with E-state index in [0.29, 0.717) is 6.54 Å². The summed E-state index contributed by atoms with van der Waals surface area (Å²) in [4.78, 5) is 6.88. The van der Waals surface area contributed by atoms with Crippen molar-refractivity contribution in [2.45, 2.75) is 19.9 Å². The highest BCUT2D eigenvalue weighted by atomic mass is 127. The summed E-state index contributed by atoms with van der Waals surface area (Å²) >= 11 is 0. The molecule has 0 unspecified atom stereocenters. The lowest BCUT2D eigenvalue weighted by Gasteiger charge is -2.22. The molecule has 0 saturated carbocycles. The largest absolute Gasteiger partial charge is 0.357 e. The molecule has 0 bridgehead atoms. The molecule has 7 heteroatoms. The minimum atomic E-state index is 0. The second-order valence-corrected chi connectivity index (χ2v) is 5.87. The number of nitrogens with zero attached hydrogens (tertiary/aromatic N) is 5. The van der Waals surface area contributed by atoms with Crippen LogP contribution in [0.25, 0.3) is 5.65 Å². The average Bonchev–Trinajstić information content (AvgIpc) is 3.05. The number of fused-ring (bicyclic) bond motifs is 1. The summed E-state index contributed by atoms with van der Waals surface area (Å²) in [5.74, 6) is 1.83. The Morgan fingerprint density at radius 3 is 2.65 bits per heavy atom. The Hall–Kier alpha value is -2.16. The Morgan fingerprint density at radius 1 is 1.12 bits per heavy atom. The van der Waals surface area contributed by atoms with E-state index in [1.807, 2.05) is 34.9 Å². The van der Waals surface area contributed by atoms with Crippen molar-refractivity contribution < 1.29 is 0 Å². The first-order valence-corrected chi connectivity index (χ1v) is 8.60. The van der Waals surface area contributed by atoms with Crippen LogP contribution < -0.4 is 5.32 Å². The van der Waals surface area contributed by atoms with Gasteiger partial charge >= 0.3 is 0 Å². The van der Waals surface area contributed by atoms with Crippen molar-refractivity contribution >= 4 is 35.6 Å². The summed E-state index contributed by atoms with van der Waals surface area (Å²) in [6, 6.07) is 16.3. The van der Waals surface area contributed by atoms with Gasteiger partial charge in [-0.05, 0) is 24.6 Å². The van der Waals surface area contributed by atoms with Gasteiger partial charge in [-0.15, -0.1) is 34.2 Å². The molecule has 0 spiro atoms. The van der Waals surface area contributed by atoms with Crippen LogP contribution in [-0.2, 0) is 13.0 Å². The molecule has 0 atom stereocenters. The van der Waals surface area contributed by atoms with Crippen LogP contribution in [0.2, 0.25) is 0 Å². The number of aliphatic imine (C=N–C) groups is 1. The fourth-order valence-corrected chi connectivity index (χ4v) is 2.73. The molecule has 0 amide bonds. The van der Waals surface area contributed by atoms with E-state index in [-0.39, 0.29) is 24.0 Å². The normalized spacial score (nSPS) is 11.2. The van der Waals surface area contributed by atoms with Crippen LogP contribution >= 0.6 is 24.0 Å². The van der Waals surface area contributed by atoms with E-state index in [0.717, 1.165) is 36.9 Å². The van der Waals surface area contributed by atoms with Crippen LogP contribution in [0.4, 0.5) is 0 Å². The summed E-state index contributed by atoms with van der Waals surface area (Å²) in [5, 5.41) is 11.8. The van der Waals surface area contributed by atoms with Crippen molar-refractivity contribution in [2.24, 2.45) is 4.99 Å². The summed E-state index contributed by atoms with van der Waals surface area (Å²) in [6.45, 7) is 4.40. The smallest absolute Gasteiger partial charge is 0.193 e. The zero-order valence-corrected chi connectivity index (χ0v) is 17.5. The third-order valence-electron chi connectivity index (χ3n) is 3.94. The zero-order valence-electron chi connectivity index (χ0n) is 15.2. The second-order valence-electron chi connectivity index (χ2n) is 5.87. The molecule has 3 aromatic rings. The van der Waals surface area contributed by atoms with Gasteiger partial charge in [0.05, 0.1) is 0 Å². The first-order chi connectivity index (χ1) is 12.3. The summed E-state index contributed by atoms with van der Waals surface area (Å²) in [6.07, 6.45) is 2.74. The summed E-state index contributed by atoms with van der Waals surface area (Å²) < 4.78 is 2.01. The van der Waals surface area contributed by atoms with Crippen molar-refractivity contribution in [1.82, 2.24) is 24.8 Å². The molecule has 138 valence electrons. The van der Waals surface area contributed by atoms with Gasteiger partial charge in [-0.25, -0.2) is 0 Å². The second kappa shape index (κ2) is 10.1. The average molecular weight is 464 g/mol. The molecule has 3 rings (SSSR count). The number of hydrogen-bond acceptors (Lipinski definition) is 3. The number of guanidine groups is 1. The Morgan fingerprint density at radius 2 is 1.88 bits per heavy atom. The van der Waals surface area contributed by atoms with Crippen molar-refractivity contribution in [1.29, 1.82) is 0 Å². The van der Waals surface area contributed by atoms with E-state index in [1.54, 1.807) is 0 Å². The number of halogens is 1. The zero-order chi connectivity index (χ0) is 17.5. The monoisotopic (exact) mass is 464 g/mol. The van der Waals surface area contributed by atoms with Crippen LogP contribution in [0.1, 0.15) is 18.3 Å². The molecule has 2 aromatic heterocycles. The van der Waals surface area contributed by atoms with Gasteiger partial charge in [0.25, 0.3) is 0 Å². The number of aromatic nitrogens is 3. The van der Waals surface area contributed by atoms with E-state index in [9.17, 15) is 0 Å². The molecule has 2 heterocycles. The topological polar surface area (TPSA) is 57.8 Å². The van der Waals surface area contributed by atoms with Crippen molar-refractivity contribution in [2.75, 3.05) is 20.1 Å². The highest BCUT2D eigenvalue weighted by Gasteiger charge is 2.07. The molecule has 0 aliphatic rings. The number of hydrogen-bond donors (Lipinski definition) is 1. The maximum absolute atomic E-state index is 4.74. The third kappa shape index (κ3) is 5.17. The molecule has 0 radical (unpaired) electrons. The lowest BCUT2D eigenvalue weighted by atomic mass is 10.2. The minimum Gasteiger partial charge on any atom is -0.357 e. The van der Waals surface area contributed by atoms with Gasteiger partial charge in [-0.2, -0.15) is 0 Å².